The third-order valence-corrected chi connectivity index (χ3v) is 3.31. The molecule has 0 bridgehead atoms. The van der Waals surface area contributed by atoms with Crippen LogP contribution >= 0.6 is 0 Å². The van der Waals surface area contributed by atoms with E-state index in [2.05, 4.69) is 39.4 Å². The third kappa shape index (κ3) is 4.39. The highest BCUT2D eigenvalue weighted by Crippen LogP contribution is 2.17. The Morgan fingerprint density at radius 3 is 2.67 bits per heavy atom. The molecule has 1 unspecified atom stereocenters. The van der Waals surface area contributed by atoms with E-state index in [1.54, 1.807) is 0 Å². The number of nitrogens with one attached hydrogen (secondary N) is 2. The molecule has 6 nitrogen and oxygen atoms in total. The summed E-state index contributed by atoms with van der Waals surface area (Å²) in [5.41, 5.74) is 7.84. The highest BCUT2D eigenvalue weighted by molar-refractivity contribution is 5.58. The van der Waals surface area contributed by atoms with E-state index in [1.807, 2.05) is 31.2 Å². The van der Waals surface area contributed by atoms with Crippen LogP contribution in [-0.4, -0.2) is 21.0 Å². The van der Waals surface area contributed by atoms with Gasteiger partial charge in [-0.2, -0.15) is 15.0 Å². The molecule has 6 heteroatoms. The molecule has 21 heavy (non-hydrogen) atoms. The van der Waals surface area contributed by atoms with Crippen molar-refractivity contribution in [2.45, 2.75) is 39.8 Å². The summed E-state index contributed by atoms with van der Waals surface area (Å²) in [6.07, 6.45) is 1.05. The van der Waals surface area contributed by atoms with Crippen molar-refractivity contribution in [2.24, 2.45) is 0 Å². The zero-order chi connectivity index (χ0) is 15.2. The van der Waals surface area contributed by atoms with Crippen LogP contribution in [0, 0.1) is 6.92 Å². The van der Waals surface area contributed by atoms with Gasteiger partial charge in [0.05, 0.1) is 6.54 Å². The lowest BCUT2D eigenvalue weighted by Crippen LogP contribution is -2.26. The molecular weight excluding hydrogens is 264 g/mol. The van der Waals surface area contributed by atoms with Gasteiger partial charge < -0.3 is 16.4 Å². The summed E-state index contributed by atoms with van der Waals surface area (Å²) in [5.74, 6) is 1.33. The van der Waals surface area contributed by atoms with Gasteiger partial charge in [-0.05, 0) is 31.9 Å². The SMILES string of the molecule is CCC(C)NCc1nc(N)nc(Nc2ccccc2C)n1. The number of hydrogen-bond donors (Lipinski definition) is 3. The maximum absolute atomic E-state index is 5.76. The highest BCUT2D eigenvalue weighted by atomic mass is 15.2. The van der Waals surface area contributed by atoms with Crippen molar-refractivity contribution in [3.05, 3.63) is 35.7 Å². The lowest BCUT2D eigenvalue weighted by Gasteiger charge is -2.12. The van der Waals surface area contributed by atoms with Crippen molar-refractivity contribution in [1.29, 1.82) is 0 Å². The van der Waals surface area contributed by atoms with E-state index in [9.17, 15) is 0 Å². The molecule has 0 spiro atoms. The summed E-state index contributed by atoms with van der Waals surface area (Å²) in [6, 6.07) is 8.37. The van der Waals surface area contributed by atoms with Gasteiger partial charge in [0, 0.05) is 11.7 Å². The average molecular weight is 286 g/mol. The fourth-order valence-electron chi connectivity index (χ4n) is 1.82. The Morgan fingerprint density at radius 1 is 1.19 bits per heavy atom. The van der Waals surface area contributed by atoms with E-state index in [1.165, 1.54) is 0 Å². The molecule has 2 rings (SSSR count). The van der Waals surface area contributed by atoms with Crippen LogP contribution in [0.25, 0.3) is 0 Å². The number of benzene rings is 1. The number of rotatable bonds is 6. The van der Waals surface area contributed by atoms with Gasteiger partial charge in [0.2, 0.25) is 11.9 Å². The predicted octanol–water partition coefficient (Wildman–Crippen LogP) is 2.39. The summed E-state index contributed by atoms with van der Waals surface area (Å²) in [6.45, 7) is 6.85. The summed E-state index contributed by atoms with van der Waals surface area (Å²) in [7, 11) is 0. The van der Waals surface area contributed by atoms with E-state index in [0.717, 1.165) is 17.7 Å². The van der Waals surface area contributed by atoms with Gasteiger partial charge in [-0.25, -0.2) is 0 Å². The Kier molecular flexibility index (Phi) is 5.05. The van der Waals surface area contributed by atoms with Crippen LogP contribution in [0.4, 0.5) is 17.6 Å². The highest BCUT2D eigenvalue weighted by Gasteiger charge is 2.07. The quantitative estimate of drug-likeness (QED) is 0.755. The molecule has 1 aromatic carbocycles. The number of aryl methyl sites for hydroxylation is 1. The summed E-state index contributed by atoms with van der Waals surface area (Å²) >= 11 is 0. The zero-order valence-electron chi connectivity index (χ0n) is 12.7. The Bertz CT molecular complexity index is 598. The molecular formula is C15H22N6. The first-order chi connectivity index (χ1) is 10.1. The van der Waals surface area contributed by atoms with Gasteiger partial charge >= 0.3 is 0 Å². The number of nitrogens with zero attached hydrogens (tertiary/aromatic N) is 3. The van der Waals surface area contributed by atoms with Gasteiger partial charge in [-0.15, -0.1) is 0 Å². The fourth-order valence-corrected chi connectivity index (χ4v) is 1.82. The first-order valence-corrected chi connectivity index (χ1v) is 7.15. The Balaban J connectivity index is 2.13. The van der Waals surface area contributed by atoms with Gasteiger partial charge in [-0.1, -0.05) is 25.1 Å². The summed E-state index contributed by atoms with van der Waals surface area (Å²) in [4.78, 5) is 12.7. The molecule has 0 aliphatic carbocycles. The Labute approximate surface area is 125 Å². The van der Waals surface area contributed by atoms with Crippen molar-refractivity contribution in [3.63, 3.8) is 0 Å². The van der Waals surface area contributed by atoms with E-state index in [0.29, 0.717) is 24.4 Å². The molecule has 0 saturated heterocycles. The number of para-hydroxylation sites is 1. The van der Waals surface area contributed by atoms with Gasteiger partial charge in [0.25, 0.3) is 0 Å². The van der Waals surface area contributed by atoms with E-state index < -0.39 is 0 Å². The van der Waals surface area contributed by atoms with Gasteiger partial charge in [0.1, 0.15) is 5.82 Å². The Hall–Kier alpha value is -2.21. The van der Waals surface area contributed by atoms with Crippen LogP contribution in [0.15, 0.2) is 24.3 Å². The van der Waals surface area contributed by atoms with Crippen LogP contribution in [-0.2, 0) is 6.54 Å². The summed E-state index contributed by atoms with van der Waals surface area (Å²) < 4.78 is 0. The van der Waals surface area contributed by atoms with Crippen molar-refractivity contribution in [2.75, 3.05) is 11.1 Å². The van der Waals surface area contributed by atoms with Crippen LogP contribution < -0.4 is 16.4 Å². The van der Waals surface area contributed by atoms with Crippen LogP contribution in [0.1, 0.15) is 31.7 Å². The minimum atomic E-state index is 0.224. The molecule has 0 aliphatic rings. The second-order valence-corrected chi connectivity index (χ2v) is 5.06. The molecule has 0 radical (unpaired) electrons. The molecule has 4 N–H and O–H groups in total. The molecule has 0 fully saturated rings. The van der Waals surface area contributed by atoms with E-state index in [-0.39, 0.29) is 5.95 Å². The van der Waals surface area contributed by atoms with Crippen LogP contribution in [0.2, 0.25) is 0 Å². The van der Waals surface area contributed by atoms with Crippen molar-refractivity contribution < 1.29 is 0 Å². The summed E-state index contributed by atoms with van der Waals surface area (Å²) in [5, 5.41) is 6.53. The number of nitrogens with two attached hydrogens (primary N) is 1. The van der Waals surface area contributed by atoms with Crippen molar-refractivity contribution in [1.82, 2.24) is 20.3 Å². The maximum atomic E-state index is 5.76. The predicted molar refractivity (Wildman–Crippen MR) is 85.3 cm³/mol. The lowest BCUT2D eigenvalue weighted by molar-refractivity contribution is 0.522. The minimum Gasteiger partial charge on any atom is -0.368 e. The normalized spacial score (nSPS) is 12.1. The maximum Gasteiger partial charge on any atom is 0.232 e. The Morgan fingerprint density at radius 2 is 1.95 bits per heavy atom. The van der Waals surface area contributed by atoms with Crippen LogP contribution in [0.3, 0.4) is 0 Å². The van der Waals surface area contributed by atoms with Gasteiger partial charge in [-0.3, -0.25) is 0 Å². The number of anilines is 3. The topological polar surface area (TPSA) is 88.8 Å². The first kappa shape index (κ1) is 15.2. The third-order valence-electron chi connectivity index (χ3n) is 3.31. The molecule has 0 amide bonds. The second kappa shape index (κ2) is 6.99. The van der Waals surface area contributed by atoms with Gasteiger partial charge in [0.15, 0.2) is 0 Å². The van der Waals surface area contributed by atoms with Crippen LogP contribution in [0.5, 0.6) is 0 Å². The molecule has 2 aromatic rings. The lowest BCUT2D eigenvalue weighted by atomic mass is 10.2. The van der Waals surface area contributed by atoms with Crippen molar-refractivity contribution >= 4 is 17.6 Å². The number of hydrogen-bond acceptors (Lipinski definition) is 6. The zero-order valence-corrected chi connectivity index (χ0v) is 12.7. The first-order valence-electron chi connectivity index (χ1n) is 7.15. The monoisotopic (exact) mass is 286 g/mol. The largest absolute Gasteiger partial charge is 0.368 e. The average Bonchev–Trinajstić information content (AvgIpc) is 2.46. The molecule has 0 aliphatic heterocycles. The molecule has 1 aromatic heterocycles. The molecule has 0 saturated carbocycles. The fraction of sp³-hybridized carbons (Fsp3) is 0.400. The second-order valence-electron chi connectivity index (χ2n) is 5.06. The standard InChI is InChI=1S/C15H22N6/c1-4-11(3)17-9-13-19-14(16)21-15(20-13)18-12-8-6-5-7-10(12)2/h5-8,11,17H,4,9H2,1-3H3,(H3,16,18,19,20,21). The van der Waals surface area contributed by atoms with E-state index in [4.69, 9.17) is 5.73 Å². The van der Waals surface area contributed by atoms with E-state index >= 15 is 0 Å². The number of aromatic nitrogens is 3. The molecule has 1 heterocycles. The molecule has 112 valence electrons. The number of nitrogen functional groups attached to an aromatic ring is 1. The minimum absolute atomic E-state index is 0.224. The smallest absolute Gasteiger partial charge is 0.232 e. The molecule has 1 atom stereocenters. The van der Waals surface area contributed by atoms with Crippen molar-refractivity contribution in [3.8, 4) is 0 Å².